The van der Waals surface area contributed by atoms with Crippen LogP contribution in [-0.4, -0.2) is 14.9 Å². The molecule has 0 atom stereocenters. The minimum Gasteiger partial charge on any atom is -0.507 e. The second-order valence-corrected chi connectivity index (χ2v) is 3.39. The summed E-state index contributed by atoms with van der Waals surface area (Å²) in [5.41, 5.74) is 1.42. The van der Waals surface area contributed by atoms with E-state index in [1.54, 1.807) is 36.1 Å². The highest BCUT2D eigenvalue weighted by atomic mass is 35.5. The third kappa shape index (κ3) is 1.36. The third-order valence-electron chi connectivity index (χ3n) is 2.05. The van der Waals surface area contributed by atoms with Gasteiger partial charge in [0.05, 0.1) is 16.9 Å². The number of nitrogens with zero attached hydrogens (tertiary/aromatic N) is 2. The van der Waals surface area contributed by atoms with Crippen LogP contribution in [0.15, 0.2) is 30.5 Å². The average molecular weight is 209 g/mol. The largest absolute Gasteiger partial charge is 0.507 e. The highest BCUT2D eigenvalue weighted by molar-refractivity contribution is 6.33. The van der Waals surface area contributed by atoms with Gasteiger partial charge in [-0.15, -0.1) is 0 Å². The fourth-order valence-corrected chi connectivity index (χ4v) is 1.66. The number of rotatable bonds is 1. The zero-order valence-electron chi connectivity index (χ0n) is 7.61. The number of hydrogen-bond donors (Lipinski definition) is 1. The molecule has 0 aliphatic carbocycles. The number of hydrogen-bond acceptors (Lipinski definition) is 2. The summed E-state index contributed by atoms with van der Waals surface area (Å²) < 4.78 is 1.64. The van der Waals surface area contributed by atoms with Crippen LogP contribution in [0.1, 0.15) is 0 Å². The first kappa shape index (κ1) is 9.09. The Morgan fingerprint density at radius 1 is 1.36 bits per heavy atom. The van der Waals surface area contributed by atoms with Crippen molar-refractivity contribution in [3.63, 3.8) is 0 Å². The summed E-state index contributed by atoms with van der Waals surface area (Å²) in [6.07, 6.45) is 1.56. The summed E-state index contributed by atoms with van der Waals surface area (Å²) in [4.78, 5) is 0. The summed E-state index contributed by atoms with van der Waals surface area (Å²) >= 11 is 5.96. The molecule has 0 saturated carbocycles. The summed E-state index contributed by atoms with van der Waals surface area (Å²) in [5.74, 6) is 0.206. The quantitative estimate of drug-likeness (QED) is 0.782. The van der Waals surface area contributed by atoms with Crippen molar-refractivity contribution >= 4 is 11.6 Å². The lowest BCUT2D eigenvalue weighted by Crippen LogP contribution is -1.93. The highest BCUT2D eigenvalue weighted by Gasteiger charge is 2.11. The molecule has 14 heavy (non-hydrogen) atoms. The monoisotopic (exact) mass is 208 g/mol. The van der Waals surface area contributed by atoms with E-state index in [4.69, 9.17) is 11.6 Å². The van der Waals surface area contributed by atoms with Gasteiger partial charge in [0.25, 0.3) is 0 Å². The maximum absolute atomic E-state index is 9.63. The van der Waals surface area contributed by atoms with E-state index >= 15 is 0 Å². The number of aryl methyl sites for hydroxylation is 1. The molecule has 0 fully saturated rings. The molecule has 0 radical (unpaired) electrons. The maximum Gasteiger partial charge on any atom is 0.125 e. The Kier molecular flexibility index (Phi) is 2.17. The molecule has 0 spiro atoms. The normalized spacial score (nSPS) is 10.4. The number of para-hydroxylation sites is 1. The molecule has 0 bridgehead atoms. The number of phenols is 1. The van der Waals surface area contributed by atoms with Crippen LogP contribution >= 0.6 is 11.6 Å². The Hall–Kier alpha value is -1.48. The minimum absolute atomic E-state index is 0.206. The molecule has 1 aromatic carbocycles. The average Bonchev–Trinajstić information content (AvgIpc) is 2.48. The van der Waals surface area contributed by atoms with Crippen LogP contribution in [0.4, 0.5) is 0 Å². The Morgan fingerprint density at radius 3 is 2.64 bits per heavy atom. The van der Waals surface area contributed by atoms with Gasteiger partial charge in [-0.1, -0.05) is 23.7 Å². The second kappa shape index (κ2) is 3.35. The van der Waals surface area contributed by atoms with E-state index in [1.807, 2.05) is 6.07 Å². The molecule has 72 valence electrons. The summed E-state index contributed by atoms with van der Waals surface area (Å²) in [7, 11) is 1.79. The Bertz CT molecular complexity index is 445. The molecule has 1 N–H and O–H groups in total. The van der Waals surface area contributed by atoms with Gasteiger partial charge < -0.3 is 5.11 Å². The Balaban J connectivity index is 2.66. The van der Waals surface area contributed by atoms with Crippen LogP contribution in [0.25, 0.3) is 11.3 Å². The van der Waals surface area contributed by atoms with Crippen molar-refractivity contribution in [3.8, 4) is 17.0 Å². The molecule has 3 nitrogen and oxygen atoms in total. The van der Waals surface area contributed by atoms with Crippen molar-refractivity contribution in [1.82, 2.24) is 9.78 Å². The smallest absolute Gasteiger partial charge is 0.125 e. The van der Waals surface area contributed by atoms with Crippen molar-refractivity contribution in [1.29, 1.82) is 0 Å². The van der Waals surface area contributed by atoms with Gasteiger partial charge in [0.15, 0.2) is 0 Å². The first-order valence-corrected chi connectivity index (χ1v) is 4.54. The molecule has 0 saturated heterocycles. The fourth-order valence-electron chi connectivity index (χ4n) is 1.39. The molecular weight excluding hydrogens is 200 g/mol. The van der Waals surface area contributed by atoms with E-state index in [2.05, 4.69) is 5.10 Å². The Labute approximate surface area is 86.6 Å². The predicted molar refractivity (Wildman–Crippen MR) is 55.3 cm³/mol. The van der Waals surface area contributed by atoms with E-state index in [1.165, 1.54) is 0 Å². The van der Waals surface area contributed by atoms with Crippen molar-refractivity contribution < 1.29 is 5.11 Å². The van der Waals surface area contributed by atoms with Crippen molar-refractivity contribution in [2.24, 2.45) is 7.05 Å². The second-order valence-electron chi connectivity index (χ2n) is 2.98. The van der Waals surface area contributed by atoms with Gasteiger partial charge in [0.2, 0.25) is 0 Å². The first-order chi connectivity index (χ1) is 6.70. The van der Waals surface area contributed by atoms with Crippen LogP contribution in [0.2, 0.25) is 5.02 Å². The summed E-state index contributed by atoms with van der Waals surface area (Å²) in [5, 5.41) is 14.2. The number of halogens is 1. The van der Waals surface area contributed by atoms with Gasteiger partial charge in [0, 0.05) is 12.6 Å². The lowest BCUT2D eigenvalue weighted by molar-refractivity contribution is 0.476. The Morgan fingerprint density at radius 2 is 2.07 bits per heavy atom. The number of aromatic hydroxyl groups is 1. The van der Waals surface area contributed by atoms with Gasteiger partial charge >= 0.3 is 0 Å². The first-order valence-electron chi connectivity index (χ1n) is 4.16. The molecule has 0 amide bonds. The van der Waals surface area contributed by atoms with E-state index in [0.29, 0.717) is 10.6 Å². The highest BCUT2D eigenvalue weighted by Crippen LogP contribution is 2.32. The number of benzene rings is 1. The zero-order valence-corrected chi connectivity index (χ0v) is 8.36. The van der Waals surface area contributed by atoms with Crippen molar-refractivity contribution in [3.05, 3.63) is 35.5 Å². The van der Waals surface area contributed by atoms with Crippen molar-refractivity contribution in [2.75, 3.05) is 0 Å². The van der Waals surface area contributed by atoms with Crippen molar-refractivity contribution in [2.45, 2.75) is 0 Å². The van der Waals surface area contributed by atoms with Gasteiger partial charge in [-0.3, -0.25) is 4.68 Å². The van der Waals surface area contributed by atoms with Gasteiger partial charge in [-0.25, -0.2) is 0 Å². The molecule has 1 heterocycles. The lowest BCUT2D eigenvalue weighted by atomic mass is 10.1. The van der Waals surface area contributed by atoms with Crippen LogP contribution in [0.5, 0.6) is 5.75 Å². The molecule has 2 aromatic rings. The van der Waals surface area contributed by atoms with Crippen LogP contribution in [0.3, 0.4) is 0 Å². The maximum atomic E-state index is 9.63. The molecule has 0 aliphatic rings. The van der Waals surface area contributed by atoms with Gasteiger partial charge in [0.1, 0.15) is 5.75 Å². The van der Waals surface area contributed by atoms with E-state index in [0.717, 1.165) is 5.69 Å². The third-order valence-corrected chi connectivity index (χ3v) is 2.33. The van der Waals surface area contributed by atoms with E-state index < -0.39 is 0 Å². The zero-order chi connectivity index (χ0) is 10.1. The minimum atomic E-state index is 0.206. The van der Waals surface area contributed by atoms with Crippen LogP contribution in [0, 0.1) is 0 Å². The SMILES string of the molecule is Cn1ncc(Cl)c1-c1ccccc1O. The number of phenolic OH excluding ortho intramolecular Hbond substituents is 1. The summed E-state index contributed by atoms with van der Waals surface area (Å²) in [6.45, 7) is 0. The van der Waals surface area contributed by atoms with Gasteiger partial charge in [-0.2, -0.15) is 5.10 Å². The molecule has 0 unspecified atom stereocenters. The molecular formula is C10H9ClN2O. The molecule has 1 aromatic heterocycles. The lowest BCUT2D eigenvalue weighted by Gasteiger charge is -2.04. The molecule has 2 rings (SSSR count). The topological polar surface area (TPSA) is 38.0 Å². The van der Waals surface area contributed by atoms with E-state index in [9.17, 15) is 5.11 Å². The van der Waals surface area contributed by atoms with Crippen LogP contribution < -0.4 is 0 Å². The number of aromatic nitrogens is 2. The fraction of sp³-hybridized carbons (Fsp3) is 0.100. The molecule has 0 aliphatic heterocycles. The molecule has 4 heteroatoms. The van der Waals surface area contributed by atoms with Crippen LogP contribution in [-0.2, 0) is 7.05 Å². The van der Waals surface area contributed by atoms with Gasteiger partial charge in [-0.05, 0) is 12.1 Å². The van der Waals surface area contributed by atoms with E-state index in [-0.39, 0.29) is 5.75 Å². The standard InChI is InChI=1S/C10H9ClN2O/c1-13-10(8(11)6-12-13)7-4-2-3-5-9(7)14/h2-6,14H,1H3. The predicted octanol–water partition coefficient (Wildman–Crippen LogP) is 2.45. The summed E-state index contributed by atoms with van der Waals surface area (Å²) in [6, 6.07) is 7.04.